The van der Waals surface area contributed by atoms with Gasteiger partial charge in [-0.3, -0.25) is 9.69 Å². The summed E-state index contributed by atoms with van der Waals surface area (Å²) in [4.78, 5) is 14.1. The van der Waals surface area contributed by atoms with Gasteiger partial charge in [0, 0.05) is 24.3 Å². The van der Waals surface area contributed by atoms with E-state index in [0.29, 0.717) is 18.5 Å². The Kier molecular flexibility index (Phi) is 5.25. The summed E-state index contributed by atoms with van der Waals surface area (Å²) in [5.74, 6) is -1.29. The van der Waals surface area contributed by atoms with Gasteiger partial charge in [-0.15, -0.1) is 0 Å². The summed E-state index contributed by atoms with van der Waals surface area (Å²) in [6.07, 6.45) is 2.08. The number of halogens is 2. The molecule has 1 aromatic rings. The Balaban J connectivity index is 1.94. The molecule has 2 atom stereocenters. The second-order valence-electron chi connectivity index (χ2n) is 5.66. The number of rotatable bonds is 4. The van der Waals surface area contributed by atoms with Gasteiger partial charge >= 0.3 is 0 Å². The SMILES string of the molecule is CC1CCC(CN)CN1CC(=O)Nc1cc(F)cc(F)c1. The molecular weight excluding hydrogens is 276 g/mol. The van der Waals surface area contributed by atoms with Crippen LogP contribution in [0.3, 0.4) is 0 Å². The summed E-state index contributed by atoms with van der Waals surface area (Å²) < 4.78 is 26.2. The molecule has 0 saturated carbocycles. The number of amides is 1. The van der Waals surface area contributed by atoms with Crippen LogP contribution < -0.4 is 11.1 Å². The van der Waals surface area contributed by atoms with Gasteiger partial charge in [0.2, 0.25) is 5.91 Å². The van der Waals surface area contributed by atoms with Crippen LogP contribution in [0.1, 0.15) is 19.8 Å². The number of nitrogens with zero attached hydrogens (tertiary/aromatic N) is 1. The minimum atomic E-state index is -0.708. The molecule has 116 valence electrons. The summed E-state index contributed by atoms with van der Waals surface area (Å²) in [6.45, 7) is 3.67. The van der Waals surface area contributed by atoms with Crippen molar-refractivity contribution in [1.29, 1.82) is 0 Å². The molecule has 0 radical (unpaired) electrons. The molecule has 1 aliphatic rings. The molecule has 1 aromatic carbocycles. The van der Waals surface area contributed by atoms with Crippen molar-refractivity contribution in [3.8, 4) is 0 Å². The third-order valence-electron chi connectivity index (χ3n) is 3.94. The van der Waals surface area contributed by atoms with Crippen molar-refractivity contribution in [3.05, 3.63) is 29.8 Å². The summed E-state index contributed by atoms with van der Waals surface area (Å²) in [7, 11) is 0. The number of carbonyl (C=O) groups excluding carboxylic acids is 1. The molecule has 0 aromatic heterocycles. The third kappa shape index (κ3) is 4.47. The highest BCUT2D eigenvalue weighted by Gasteiger charge is 2.26. The van der Waals surface area contributed by atoms with E-state index in [1.54, 1.807) is 0 Å². The number of nitrogens with two attached hydrogens (primary N) is 1. The largest absolute Gasteiger partial charge is 0.330 e. The molecule has 4 nitrogen and oxygen atoms in total. The van der Waals surface area contributed by atoms with E-state index in [2.05, 4.69) is 17.1 Å². The predicted molar refractivity (Wildman–Crippen MR) is 77.8 cm³/mol. The van der Waals surface area contributed by atoms with Crippen molar-refractivity contribution in [1.82, 2.24) is 4.90 Å². The van der Waals surface area contributed by atoms with Gasteiger partial charge in [0.1, 0.15) is 11.6 Å². The first-order chi connectivity index (χ1) is 9.97. The van der Waals surface area contributed by atoms with Gasteiger partial charge in [0.25, 0.3) is 0 Å². The quantitative estimate of drug-likeness (QED) is 0.893. The van der Waals surface area contributed by atoms with E-state index in [1.165, 1.54) is 0 Å². The van der Waals surface area contributed by atoms with E-state index in [9.17, 15) is 13.6 Å². The maximum atomic E-state index is 13.1. The summed E-state index contributed by atoms with van der Waals surface area (Å²) >= 11 is 0. The van der Waals surface area contributed by atoms with Crippen molar-refractivity contribution in [2.24, 2.45) is 11.7 Å². The normalized spacial score (nSPS) is 23.0. The molecule has 0 spiro atoms. The number of hydrogen-bond donors (Lipinski definition) is 2. The fraction of sp³-hybridized carbons (Fsp3) is 0.533. The van der Waals surface area contributed by atoms with Crippen molar-refractivity contribution in [3.63, 3.8) is 0 Å². The summed E-state index contributed by atoms with van der Waals surface area (Å²) in [6, 6.07) is 3.28. The Labute approximate surface area is 123 Å². The lowest BCUT2D eigenvalue weighted by molar-refractivity contribution is -0.118. The van der Waals surface area contributed by atoms with Gasteiger partial charge in [0.05, 0.1) is 6.54 Å². The predicted octanol–water partition coefficient (Wildman–Crippen LogP) is 1.96. The molecular formula is C15H21F2N3O. The number of anilines is 1. The molecule has 2 unspecified atom stereocenters. The number of nitrogens with one attached hydrogen (secondary N) is 1. The van der Waals surface area contributed by atoms with Crippen molar-refractivity contribution in [2.75, 3.05) is 25.0 Å². The Morgan fingerprint density at radius 3 is 2.62 bits per heavy atom. The average molecular weight is 297 g/mol. The summed E-state index contributed by atoms with van der Waals surface area (Å²) in [5, 5.41) is 2.53. The number of piperidine rings is 1. The topological polar surface area (TPSA) is 58.4 Å². The maximum Gasteiger partial charge on any atom is 0.238 e. The van der Waals surface area contributed by atoms with Crippen LogP contribution in [0.4, 0.5) is 14.5 Å². The zero-order valence-corrected chi connectivity index (χ0v) is 12.1. The fourth-order valence-corrected chi connectivity index (χ4v) is 2.69. The van der Waals surface area contributed by atoms with Gasteiger partial charge in [0.15, 0.2) is 0 Å². The van der Waals surface area contributed by atoms with Gasteiger partial charge in [-0.25, -0.2) is 8.78 Å². The van der Waals surface area contributed by atoms with Crippen LogP contribution in [0.2, 0.25) is 0 Å². The fourth-order valence-electron chi connectivity index (χ4n) is 2.69. The number of carbonyl (C=O) groups is 1. The maximum absolute atomic E-state index is 13.1. The van der Waals surface area contributed by atoms with E-state index in [0.717, 1.165) is 37.6 Å². The van der Waals surface area contributed by atoms with Crippen LogP contribution in [-0.4, -0.2) is 36.5 Å². The molecule has 1 heterocycles. The second-order valence-corrected chi connectivity index (χ2v) is 5.66. The number of likely N-dealkylation sites (tertiary alicyclic amines) is 1. The molecule has 1 amide bonds. The van der Waals surface area contributed by atoms with Crippen LogP contribution in [0.15, 0.2) is 18.2 Å². The van der Waals surface area contributed by atoms with Crippen LogP contribution in [0.25, 0.3) is 0 Å². The van der Waals surface area contributed by atoms with Crippen LogP contribution in [-0.2, 0) is 4.79 Å². The standard InChI is InChI=1S/C15H21F2N3O/c1-10-2-3-11(7-18)8-20(10)9-15(21)19-14-5-12(16)4-13(17)6-14/h4-6,10-11H,2-3,7-9,18H2,1H3,(H,19,21). The van der Waals surface area contributed by atoms with Crippen molar-refractivity contribution >= 4 is 11.6 Å². The van der Waals surface area contributed by atoms with Crippen molar-refractivity contribution < 1.29 is 13.6 Å². The van der Waals surface area contributed by atoms with Gasteiger partial charge in [-0.2, -0.15) is 0 Å². The number of hydrogen-bond acceptors (Lipinski definition) is 3. The Morgan fingerprint density at radius 2 is 2.00 bits per heavy atom. The Hall–Kier alpha value is -1.53. The second kappa shape index (κ2) is 6.95. The van der Waals surface area contributed by atoms with Crippen molar-refractivity contribution in [2.45, 2.75) is 25.8 Å². The van der Waals surface area contributed by atoms with E-state index in [1.807, 2.05) is 0 Å². The molecule has 6 heteroatoms. The minimum absolute atomic E-state index is 0.137. The van der Waals surface area contributed by atoms with E-state index < -0.39 is 11.6 Å². The highest BCUT2D eigenvalue weighted by molar-refractivity contribution is 5.92. The van der Waals surface area contributed by atoms with Crippen LogP contribution in [0.5, 0.6) is 0 Å². The highest BCUT2D eigenvalue weighted by atomic mass is 19.1. The molecule has 21 heavy (non-hydrogen) atoms. The zero-order chi connectivity index (χ0) is 15.4. The van der Waals surface area contributed by atoms with Crippen LogP contribution >= 0.6 is 0 Å². The van der Waals surface area contributed by atoms with Crippen LogP contribution in [0, 0.1) is 17.6 Å². The Bertz CT molecular complexity index is 489. The molecule has 1 fully saturated rings. The third-order valence-corrected chi connectivity index (χ3v) is 3.94. The average Bonchev–Trinajstić information content (AvgIpc) is 2.40. The molecule has 0 aliphatic carbocycles. The smallest absolute Gasteiger partial charge is 0.238 e. The van der Waals surface area contributed by atoms with Gasteiger partial charge in [-0.1, -0.05) is 0 Å². The molecule has 1 saturated heterocycles. The lowest BCUT2D eigenvalue weighted by Crippen LogP contribution is -2.47. The monoisotopic (exact) mass is 297 g/mol. The van der Waals surface area contributed by atoms with E-state index in [4.69, 9.17) is 5.73 Å². The first kappa shape index (κ1) is 15.9. The van der Waals surface area contributed by atoms with E-state index >= 15 is 0 Å². The number of benzene rings is 1. The lowest BCUT2D eigenvalue weighted by atomic mass is 9.93. The molecule has 2 rings (SSSR count). The molecule has 1 aliphatic heterocycles. The highest BCUT2D eigenvalue weighted by Crippen LogP contribution is 2.21. The van der Waals surface area contributed by atoms with Gasteiger partial charge in [-0.05, 0) is 44.4 Å². The molecule has 0 bridgehead atoms. The zero-order valence-electron chi connectivity index (χ0n) is 12.1. The van der Waals surface area contributed by atoms with E-state index in [-0.39, 0.29) is 18.1 Å². The molecule has 3 N–H and O–H groups in total. The first-order valence-corrected chi connectivity index (χ1v) is 7.18. The summed E-state index contributed by atoms with van der Waals surface area (Å²) in [5.41, 5.74) is 5.82. The first-order valence-electron chi connectivity index (χ1n) is 7.18. The Morgan fingerprint density at radius 1 is 1.33 bits per heavy atom. The van der Waals surface area contributed by atoms with Gasteiger partial charge < -0.3 is 11.1 Å². The lowest BCUT2D eigenvalue weighted by Gasteiger charge is -2.37. The minimum Gasteiger partial charge on any atom is -0.330 e.